The molecule has 2 amide bonds. The first-order valence-electron chi connectivity index (χ1n) is 11.7. The minimum absolute atomic E-state index is 0.0228. The molecule has 3 heterocycles. The van der Waals surface area contributed by atoms with E-state index in [2.05, 4.69) is 68.3 Å². The van der Waals surface area contributed by atoms with Crippen LogP contribution >= 0.6 is 11.3 Å². The summed E-state index contributed by atoms with van der Waals surface area (Å²) in [6.45, 7) is 11.5. The van der Waals surface area contributed by atoms with Crippen LogP contribution < -0.4 is 0 Å². The van der Waals surface area contributed by atoms with Gasteiger partial charge in [0.15, 0.2) is 0 Å². The van der Waals surface area contributed by atoms with Crippen molar-refractivity contribution in [3.05, 3.63) is 57.8 Å². The summed E-state index contributed by atoms with van der Waals surface area (Å²) in [5.41, 5.74) is 2.56. The Balaban J connectivity index is 1.43. The molecule has 6 heteroatoms. The maximum atomic E-state index is 13.3. The minimum atomic E-state index is -0.0228. The zero-order chi connectivity index (χ0) is 22.9. The summed E-state index contributed by atoms with van der Waals surface area (Å²) in [6, 6.07) is 12.9. The zero-order valence-electron chi connectivity index (χ0n) is 19.7. The number of carbonyl (C=O) groups is 2. The fourth-order valence-electron chi connectivity index (χ4n) is 4.95. The highest BCUT2D eigenvalue weighted by molar-refractivity contribution is 7.10. The Morgan fingerprint density at radius 3 is 2.47 bits per heavy atom. The zero-order valence-corrected chi connectivity index (χ0v) is 20.5. The van der Waals surface area contributed by atoms with Gasteiger partial charge in [0.05, 0.1) is 12.6 Å². The number of fused-ring (bicyclic) bond motifs is 1. The van der Waals surface area contributed by atoms with Crippen LogP contribution in [0.5, 0.6) is 0 Å². The molecule has 0 bridgehead atoms. The molecule has 0 N–H and O–H groups in total. The number of thiophene rings is 1. The van der Waals surface area contributed by atoms with Crippen LogP contribution in [0.25, 0.3) is 0 Å². The Morgan fingerprint density at radius 2 is 1.78 bits per heavy atom. The van der Waals surface area contributed by atoms with Gasteiger partial charge in [-0.1, -0.05) is 51.1 Å². The Kier molecular flexibility index (Phi) is 6.72. The number of rotatable bonds is 4. The van der Waals surface area contributed by atoms with Crippen molar-refractivity contribution in [1.82, 2.24) is 14.7 Å². The van der Waals surface area contributed by atoms with Gasteiger partial charge >= 0.3 is 0 Å². The fourth-order valence-corrected chi connectivity index (χ4v) is 5.85. The van der Waals surface area contributed by atoms with Gasteiger partial charge in [-0.25, -0.2) is 0 Å². The number of benzene rings is 1. The van der Waals surface area contributed by atoms with Gasteiger partial charge in [-0.2, -0.15) is 0 Å². The van der Waals surface area contributed by atoms with Gasteiger partial charge < -0.3 is 9.80 Å². The average Bonchev–Trinajstić information content (AvgIpc) is 3.21. The molecule has 2 aromatic rings. The van der Waals surface area contributed by atoms with E-state index in [9.17, 15) is 9.59 Å². The second kappa shape index (κ2) is 9.36. The summed E-state index contributed by atoms with van der Waals surface area (Å²) in [6.07, 6.45) is 1.54. The first-order chi connectivity index (χ1) is 15.2. The van der Waals surface area contributed by atoms with E-state index in [4.69, 9.17) is 0 Å². The molecule has 2 aliphatic rings. The summed E-state index contributed by atoms with van der Waals surface area (Å²) in [4.78, 5) is 33.7. The maximum absolute atomic E-state index is 13.3. The minimum Gasteiger partial charge on any atom is -0.338 e. The Morgan fingerprint density at radius 1 is 1.03 bits per heavy atom. The van der Waals surface area contributed by atoms with Gasteiger partial charge in [0.25, 0.3) is 0 Å². The van der Waals surface area contributed by atoms with E-state index in [0.717, 1.165) is 13.0 Å². The number of amides is 2. The predicted molar refractivity (Wildman–Crippen MR) is 130 cm³/mol. The van der Waals surface area contributed by atoms with E-state index in [1.165, 1.54) is 16.0 Å². The van der Waals surface area contributed by atoms with Gasteiger partial charge in [0.1, 0.15) is 0 Å². The van der Waals surface area contributed by atoms with Crippen LogP contribution in [-0.2, 0) is 16.0 Å². The van der Waals surface area contributed by atoms with Crippen molar-refractivity contribution in [3.63, 3.8) is 0 Å². The first kappa shape index (κ1) is 23.0. The van der Waals surface area contributed by atoms with E-state index >= 15 is 0 Å². The average molecular weight is 454 g/mol. The van der Waals surface area contributed by atoms with Crippen molar-refractivity contribution in [2.75, 3.05) is 32.7 Å². The normalized spacial score (nSPS) is 22.0. The quantitative estimate of drug-likeness (QED) is 0.697. The topological polar surface area (TPSA) is 43.9 Å². The van der Waals surface area contributed by atoms with E-state index in [1.807, 2.05) is 27.2 Å². The first-order valence-corrected chi connectivity index (χ1v) is 12.5. The summed E-state index contributed by atoms with van der Waals surface area (Å²) in [7, 11) is 0. The van der Waals surface area contributed by atoms with Crippen molar-refractivity contribution in [3.8, 4) is 0 Å². The number of hydrogen-bond donors (Lipinski definition) is 0. The Labute approximate surface area is 196 Å². The third-order valence-electron chi connectivity index (χ3n) is 6.50. The van der Waals surface area contributed by atoms with Crippen LogP contribution in [-0.4, -0.2) is 65.3 Å². The molecule has 0 aliphatic carbocycles. The summed E-state index contributed by atoms with van der Waals surface area (Å²) in [5, 5.41) is 2.17. The van der Waals surface area contributed by atoms with E-state index < -0.39 is 0 Å². The highest BCUT2D eigenvalue weighted by Crippen LogP contribution is 2.37. The molecule has 0 radical (unpaired) electrons. The fraction of sp³-hybridized carbons (Fsp3) is 0.538. The molecule has 1 aromatic heterocycles. The molecule has 0 unspecified atom stereocenters. The number of piperazine rings is 1. The van der Waals surface area contributed by atoms with Gasteiger partial charge in [0.2, 0.25) is 11.8 Å². The lowest BCUT2D eigenvalue weighted by Gasteiger charge is -2.42. The molecule has 0 saturated carbocycles. The van der Waals surface area contributed by atoms with E-state index in [-0.39, 0.29) is 29.3 Å². The maximum Gasteiger partial charge on any atom is 0.236 e. The van der Waals surface area contributed by atoms with Crippen molar-refractivity contribution in [2.45, 2.75) is 52.6 Å². The SMILES string of the molecule is C[C@@H]1CN(C(=O)CN2CCc3sccc3[C@@H]2c2ccccc2)CCN1C(=O)CC(C)(C)C. The number of nitrogens with zero attached hydrogens (tertiary/aromatic N) is 3. The molecule has 1 saturated heterocycles. The molecule has 2 aliphatic heterocycles. The lowest BCUT2D eigenvalue weighted by atomic mass is 9.91. The largest absolute Gasteiger partial charge is 0.338 e. The molecule has 1 aromatic carbocycles. The van der Waals surface area contributed by atoms with Crippen molar-refractivity contribution >= 4 is 23.2 Å². The van der Waals surface area contributed by atoms with Gasteiger partial charge in [-0.15, -0.1) is 11.3 Å². The molecular weight excluding hydrogens is 418 g/mol. The van der Waals surface area contributed by atoms with Crippen LogP contribution in [0.1, 0.15) is 56.2 Å². The third kappa shape index (κ3) is 5.07. The predicted octanol–water partition coefficient (Wildman–Crippen LogP) is 4.19. The van der Waals surface area contributed by atoms with Crippen molar-refractivity contribution in [1.29, 1.82) is 0 Å². The van der Waals surface area contributed by atoms with Crippen LogP contribution in [0, 0.1) is 5.41 Å². The molecular formula is C26H35N3O2S. The third-order valence-corrected chi connectivity index (χ3v) is 7.50. The van der Waals surface area contributed by atoms with E-state index in [1.54, 1.807) is 0 Å². The van der Waals surface area contributed by atoms with Crippen LogP contribution in [0.2, 0.25) is 0 Å². The smallest absolute Gasteiger partial charge is 0.236 e. The van der Waals surface area contributed by atoms with Crippen LogP contribution in [0.15, 0.2) is 41.8 Å². The molecule has 2 atom stereocenters. The van der Waals surface area contributed by atoms with Gasteiger partial charge in [0, 0.05) is 43.5 Å². The molecule has 172 valence electrons. The lowest BCUT2D eigenvalue weighted by Crippen LogP contribution is -2.57. The Hall–Kier alpha value is -2.18. The van der Waals surface area contributed by atoms with Crippen molar-refractivity contribution < 1.29 is 9.59 Å². The lowest BCUT2D eigenvalue weighted by molar-refractivity contribution is -0.144. The molecule has 4 rings (SSSR count). The van der Waals surface area contributed by atoms with Gasteiger partial charge in [-0.3, -0.25) is 14.5 Å². The summed E-state index contributed by atoms with van der Waals surface area (Å²) in [5.74, 6) is 0.363. The highest BCUT2D eigenvalue weighted by Gasteiger charge is 2.35. The monoisotopic (exact) mass is 453 g/mol. The summed E-state index contributed by atoms with van der Waals surface area (Å²) < 4.78 is 0. The molecule has 0 spiro atoms. The Bertz CT molecular complexity index is 949. The molecule has 32 heavy (non-hydrogen) atoms. The molecule has 1 fully saturated rings. The van der Waals surface area contributed by atoms with Gasteiger partial charge in [-0.05, 0) is 41.3 Å². The second-order valence-electron chi connectivity index (χ2n) is 10.3. The van der Waals surface area contributed by atoms with E-state index in [0.29, 0.717) is 32.6 Å². The van der Waals surface area contributed by atoms with Crippen LogP contribution in [0.3, 0.4) is 0 Å². The number of carbonyl (C=O) groups excluding carboxylic acids is 2. The van der Waals surface area contributed by atoms with Crippen LogP contribution in [0.4, 0.5) is 0 Å². The standard InChI is InChI=1S/C26H35N3O2S/c1-19-17-27(13-14-29(19)23(30)16-26(2,3)4)24(31)18-28-12-10-22-21(11-15-32-22)25(28)20-8-6-5-7-9-20/h5-9,11,15,19,25H,10,12-14,16-18H2,1-4H3/t19-,25+/m1/s1. The summed E-state index contributed by atoms with van der Waals surface area (Å²) >= 11 is 1.82. The number of hydrogen-bond acceptors (Lipinski definition) is 4. The second-order valence-corrected chi connectivity index (χ2v) is 11.3. The highest BCUT2D eigenvalue weighted by atomic mass is 32.1. The van der Waals surface area contributed by atoms with Crippen molar-refractivity contribution in [2.24, 2.45) is 5.41 Å². The molecule has 5 nitrogen and oxygen atoms in total.